The number of sulfonamides is 1. The molecular weight excluding hydrogens is 550 g/mol. The predicted molar refractivity (Wildman–Crippen MR) is 150 cm³/mol. The number of aliphatic hydroxyl groups is 1. The van der Waals surface area contributed by atoms with E-state index in [4.69, 9.17) is 14.2 Å². The van der Waals surface area contributed by atoms with Gasteiger partial charge >= 0.3 is 6.09 Å². The summed E-state index contributed by atoms with van der Waals surface area (Å²) in [6.45, 7) is 4.46. The van der Waals surface area contributed by atoms with Crippen LogP contribution in [-0.2, 0) is 41.9 Å². The van der Waals surface area contributed by atoms with Gasteiger partial charge in [-0.2, -0.15) is 4.31 Å². The summed E-state index contributed by atoms with van der Waals surface area (Å²) in [6.07, 6.45) is -1.70. The van der Waals surface area contributed by atoms with Crippen LogP contribution in [0.3, 0.4) is 0 Å². The fraction of sp³-hybridized carbons (Fsp3) is 0.517. The second kappa shape index (κ2) is 12.5. The van der Waals surface area contributed by atoms with Crippen molar-refractivity contribution in [3.8, 4) is 0 Å². The molecule has 2 saturated heterocycles. The minimum Gasteiger partial charge on any atom is -0.443 e. The monoisotopic (exact) mass is 587 g/mol. The van der Waals surface area contributed by atoms with Crippen molar-refractivity contribution in [3.05, 3.63) is 59.7 Å². The zero-order chi connectivity index (χ0) is 29.1. The largest absolute Gasteiger partial charge is 0.443 e. The maximum absolute atomic E-state index is 13.8. The molecular formula is C29H37N3O8S. The number of carbonyl (C=O) groups is 2. The van der Waals surface area contributed by atoms with Crippen LogP contribution < -0.4 is 10.6 Å². The van der Waals surface area contributed by atoms with Crippen molar-refractivity contribution < 1.29 is 37.3 Å². The summed E-state index contributed by atoms with van der Waals surface area (Å²) in [4.78, 5) is 24.8. The van der Waals surface area contributed by atoms with Crippen molar-refractivity contribution in [1.82, 2.24) is 9.62 Å². The maximum atomic E-state index is 13.8. The van der Waals surface area contributed by atoms with Crippen LogP contribution in [-0.4, -0.2) is 80.7 Å². The van der Waals surface area contributed by atoms with Crippen LogP contribution in [0, 0.1) is 11.8 Å². The van der Waals surface area contributed by atoms with Gasteiger partial charge in [-0.15, -0.1) is 0 Å². The molecule has 2 fully saturated rings. The van der Waals surface area contributed by atoms with Crippen molar-refractivity contribution in [3.63, 3.8) is 0 Å². The van der Waals surface area contributed by atoms with Crippen LogP contribution >= 0.6 is 0 Å². The Labute approximate surface area is 240 Å². The molecule has 3 N–H and O–H groups in total. The normalized spacial score (nSPS) is 23.2. The molecule has 0 spiro atoms. The topological polar surface area (TPSA) is 144 Å². The lowest BCUT2D eigenvalue weighted by molar-refractivity contribution is -0.115. The number of nitrogens with zero attached hydrogens (tertiary/aromatic N) is 1. The molecule has 1 unspecified atom stereocenters. The third-order valence-corrected chi connectivity index (χ3v) is 9.44. The molecule has 222 valence electrons. The Morgan fingerprint density at radius 2 is 1.95 bits per heavy atom. The molecule has 0 aliphatic carbocycles. The molecule has 11 nitrogen and oxygen atoms in total. The van der Waals surface area contributed by atoms with Gasteiger partial charge in [-0.25, -0.2) is 13.2 Å². The highest BCUT2D eigenvalue weighted by atomic mass is 32.2. The van der Waals surface area contributed by atoms with Crippen molar-refractivity contribution in [2.24, 2.45) is 11.8 Å². The molecule has 5 atom stereocenters. The highest BCUT2D eigenvalue weighted by Crippen LogP contribution is 2.33. The molecule has 0 aromatic heterocycles. The number of ether oxygens (including phenoxy) is 3. The van der Waals surface area contributed by atoms with Crippen LogP contribution in [0.25, 0.3) is 0 Å². The molecule has 2 aromatic rings. The number of aliphatic hydroxyl groups excluding tert-OH is 1. The molecule has 0 saturated carbocycles. The van der Waals surface area contributed by atoms with Crippen LogP contribution in [0.1, 0.15) is 31.4 Å². The number of hydrogen-bond acceptors (Lipinski definition) is 8. The van der Waals surface area contributed by atoms with E-state index in [0.717, 1.165) is 12.0 Å². The van der Waals surface area contributed by atoms with Gasteiger partial charge in [0, 0.05) is 18.8 Å². The number of hydrogen-bond donors (Lipinski definition) is 3. The first-order chi connectivity index (χ1) is 19.6. The van der Waals surface area contributed by atoms with E-state index in [9.17, 15) is 23.1 Å². The van der Waals surface area contributed by atoms with E-state index >= 15 is 0 Å². The Kier molecular flexibility index (Phi) is 8.95. The number of fused-ring (bicyclic) bond motifs is 2. The van der Waals surface area contributed by atoms with Crippen molar-refractivity contribution in [2.75, 3.05) is 31.6 Å². The van der Waals surface area contributed by atoms with E-state index in [0.29, 0.717) is 17.9 Å². The first kappa shape index (κ1) is 29.5. The zero-order valence-corrected chi connectivity index (χ0v) is 24.0. The Morgan fingerprint density at radius 3 is 2.71 bits per heavy atom. The molecule has 3 aliphatic heterocycles. The highest BCUT2D eigenvalue weighted by molar-refractivity contribution is 7.89. The van der Waals surface area contributed by atoms with Crippen molar-refractivity contribution in [1.29, 1.82) is 0 Å². The Hall–Kier alpha value is -3.03. The summed E-state index contributed by atoms with van der Waals surface area (Å²) in [5.74, 6) is -0.266. The molecule has 0 radical (unpaired) electrons. The third kappa shape index (κ3) is 6.90. The van der Waals surface area contributed by atoms with Crippen LogP contribution in [0.4, 0.5) is 10.5 Å². The average molecular weight is 588 g/mol. The molecule has 12 heteroatoms. The summed E-state index contributed by atoms with van der Waals surface area (Å²) >= 11 is 0. The highest BCUT2D eigenvalue weighted by Gasteiger charge is 2.44. The fourth-order valence-electron chi connectivity index (χ4n) is 5.55. The molecule has 2 amide bonds. The zero-order valence-electron chi connectivity index (χ0n) is 23.2. The first-order valence-electron chi connectivity index (χ1n) is 14.0. The average Bonchev–Trinajstić information content (AvgIpc) is 3.64. The lowest BCUT2D eigenvalue weighted by Gasteiger charge is -2.31. The van der Waals surface area contributed by atoms with E-state index in [1.54, 1.807) is 6.07 Å². The first-order valence-corrected chi connectivity index (χ1v) is 15.4. The maximum Gasteiger partial charge on any atom is 0.407 e. The molecule has 0 bridgehead atoms. The van der Waals surface area contributed by atoms with Crippen molar-refractivity contribution in [2.45, 2.75) is 62.5 Å². The number of amides is 2. The number of nitrogens with one attached hydrogen (secondary N) is 2. The predicted octanol–water partition coefficient (Wildman–Crippen LogP) is 2.29. The van der Waals surface area contributed by atoms with Gasteiger partial charge in [0.25, 0.3) is 0 Å². The minimum absolute atomic E-state index is 0.0379. The van der Waals surface area contributed by atoms with Crippen LogP contribution in [0.2, 0.25) is 0 Å². The van der Waals surface area contributed by atoms with Gasteiger partial charge in [0.05, 0.1) is 42.6 Å². The lowest BCUT2D eigenvalue weighted by atomic mass is 10.0. The van der Waals surface area contributed by atoms with E-state index in [1.165, 1.54) is 16.4 Å². The summed E-state index contributed by atoms with van der Waals surface area (Å²) < 4.78 is 45.6. The van der Waals surface area contributed by atoms with Gasteiger partial charge in [0.1, 0.15) is 6.10 Å². The summed E-state index contributed by atoms with van der Waals surface area (Å²) in [6, 6.07) is 13.0. The van der Waals surface area contributed by atoms with Crippen LogP contribution in [0.5, 0.6) is 0 Å². The van der Waals surface area contributed by atoms with Gasteiger partial charge in [-0.3, -0.25) is 4.79 Å². The number of carbonyl (C=O) groups excluding carboxylic acids is 2. The lowest BCUT2D eigenvalue weighted by Crippen LogP contribution is -2.51. The number of anilines is 1. The second-order valence-electron chi connectivity index (χ2n) is 11.2. The van der Waals surface area contributed by atoms with Gasteiger partial charge in [-0.05, 0) is 48.1 Å². The summed E-state index contributed by atoms with van der Waals surface area (Å²) in [7, 11) is -4.03. The number of rotatable bonds is 11. The Bertz CT molecular complexity index is 1350. The van der Waals surface area contributed by atoms with Gasteiger partial charge in [0.15, 0.2) is 6.29 Å². The summed E-state index contributed by atoms with van der Waals surface area (Å²) in [5.41, 5.74) is 2.07. The Morgan fingerprint density at radius 1 is 1.17 bits per heavy atom. The summed E-state index contributed by atoms with van der Waals surface area (Å²) in [5, 5.41) is 16.9. The quantitative estimate of drug-likeness (QED) is 0.363. The standard InChI is InChI=1S/C29H37N3O8S/c1-18(2)15-32(41(36,37)21-8-9-23-20(13-21)14-27(34)30-23)16-25(33)24(12-19-6-4-3-5-7-19)31-29(35)40-26-17-39-28-22(26)10-11-38-28/h3-9,13,18,22,24-26,28,33H,10-12,14-17H2,1-2H3,(H,30,34)(H,31,35)/t22-,24-,25+,26?,28+/m0/s1. The van der Waals surface area contributed by atoms with E-state index < -0.39 is 34.4 Å². The van der Waals surface area contributed by atoms with Gasteiger partial charge in [0.2, 0.25) is 15.9 Å². The van der Waals surface area contributed by atoms with Gasteiger partial charge in [-0.1, -0.05) is 44.2 Å². The fourth-order valence-corrected chi connectivity index (χ4v) is 7.22. The van der Waals surface area contributed by atoms with Gasteiger partial charge < -0.3 is 30.0 Å². The number of alkyl carbamates (subject to hydrolysis) is 1. The second-order valence-corrected chi connectivity index (χ2v) is 13.2. The van der Waals surface area contributed by atoms with E-state index in [-0.39, 0.29) is 61.5 Å². The van der Waals surface area contributed by atoms with E-state index in [2.05, 4.69) is 10.6 Å². The Balaban J connectivity index is 1.33. The third-order valence-electron chi connectivity index (χ3n) is 7.61. The minimum atomic E-state index is -4.03. The molecule has 2 aromatic carbocycles. The smallest absolute Gasteiger partial charge is 0.407 e. The molecule has 3 aliphatic rings. The SMILES string of the molecule is CC(C)CN(C[C@@H](O)[C@H](Cc1ccccc1)NC(=O)OC1CO[C@H]2OCC[C@@H]12)S(=O)(=O)c1ccc2c(c1)CC(=O)N2. The molecule has 41 heavy (non-hydrogen) atoms. The van der Waals surface area contributed by atoms with Crippen LogP contribution in [0.15, 0.2) is 53.4 Å². The van der Waals surface area contributed by atoms with Crippen molar-refractivity contribution >= 4 is 27.7 Å². The molecule has 3 heterocycles. The van der Waals surface area contributed by atoms with E-state index in [1.807, 2.05) is 44.2 Å². The number of benzene rings is 2. The molecule has 5 rings (SSSR count).